The third-order valence-electron chi connectivity index (χ3n) is 4.35. The molecule has 1 aromatic heterocycles. The van der Waals surface area contributed by atoms with Crippen molar-refractivity contribution in [1.82, 2.24) is 4.98 Å². The number of anilines is 3. The molecule has 142 valence electrons. The Kier molecular flexibility index (Phi) is 5.04. The van der Waals surface area contributed by atoms with Gasteiger partial charge in [-0.1, -0.05) is 17.7 Å². The first-order valence-corrected chi connectivity index (χ1v) is 9.17. The van der Waals surface area contributed by atoms with Crippen molar-refractivity contribution < 1.29 is 14.3 Å². The van der Waals surface area contributed by atoms with Crippen molar-refractivity contribution in [2.45, 2.75) is 6.92 Å². The monoisotopic (exact) mass is 395 g/mol. The lowest BCUT2D eigenvalue weighted by Gasteiger charge is -2.19. The van der Waals surface area contributed by atoms with Crippen molar-refractivity contribution in [2.75, 3.05) is 23.8 Å². The summed E-state index contributed by atoms with van der Waals surface area (Å²) in [5.74, 6) is 1.71. The second-order valence-corrected chi connectivity index (χ2v) is 6.69. The third-order valence-corrected chi connectivity index (χ3v) is 4.76. The van der Waals surface area contributed by atoms with E-state index < -0.39 is 0 Å². The molecule has 3 aromatic rings. The number of nitrogens with zero attached hydrogens (tertiary/aromatic N) is 1. The van der Waals surface area contributed by atoms with Gasteiger partial charge in [0.1, 0.15) is 19.0 Å². The number of pyridine rings is 1. The van der Waals surface area contributed by atoms with E-state index in [9.17, 15) is 4.79 Å². The SMILES string of the molecule is Cc1c(Cl)cccc1NC(=O)c1ccnc(Nc2ccc3c(c2)OCCO3)c1. The van der Waals surface area contributed by atoms with Crippen LogP contribution in [0.1, 0.15) is 15.9 Å². The van der Waals surface area contributed by atoms with E-state index in [0.717, 1.165) is 17.0 Å². The van der Waals surface area contributed by atoms with Gasteiger partial charge in [-0.3, -0.25) is 4.79 Å². The second kappa shape index (κ2) is 7.78. The lowest BCUT2D eigenvalue weighted by atomic mass is 10.2. The van der Waals surface area contributed by atoms with Gasteiger partial charge in [-0.05, 0) is 48.9 Å². The summed E-state index contributed by atoms with van der Waals surface area (Å²) in [7, 11) is 0. The highest BCUT2D eigenvalue weighted by atomic mass is 35.5. The van der Waals surface area contributed by atoms with Crippen LogP contribution in [-0.2, 0) is 0 Å². The van der Waals surface area contributed by atoms with Crippen LogP contribution < -0.4 is 20.1 Å². The number of carbonyl (C=O) groups excluding carboxylic acids is 1. The fourth-order valence-corrected chi connectivity index (χ4v) is 3.02. The van der Waals surface area contributed by atoms with Gasteiger partial charge in [0, 0.05) is 34.2 Å². The van der Waals surface area contributed by atoms with E-state index in [2.05, 4.69) is 15.6 Å². The first kappa shape index (κ1) is 18.1. The van der Waals surface area contributed by atoms with Gasteiger partial charge in [0.2, 0.25) is 0 Å². The van der Waals surface area contributed by atoms with Crippen molar-refractivity contribution in [3.8, 4) is 11.5 Å². The highest BCUT2D eigenvalue weighted by Gasteiger charge is 2.13. The van der Waals surface area contributed by atoms with Gasteiger partial charge < -0.3 is 20.1 Å². The van der Waals surface area contributed by atoms with Crippen molar-refractivity contribution in [3.05, 3.63) is 70.9 Å². The number of ether oxygens (including phenoxy) is 2. The standard InChI is InChI=1S/C21H18ClN3O3/c1-13-16(22)3-2-4-17(13)25-21(26)14-7-8-23-20(11-14)24-15-5-6-18-19(12-15)28-10-9-27-18/h2-8,11-12H,9-10H2,1H3,(H,23,24)(H,25,26). The number of fused-ring (bicyclic) bond motifs is 1. The van der Waals surface area contributed by atoms with Crippen LogP contribution in [0.15, 0.2) is 54.7 Å². The Morgan fingerprint density at radius 1 is 1.07 bits per heavy atom. The van der Waals surface area contributed by atoms with Gasteiger partial charge in [-0.25, -0.2) is 4.98 Å². The molecule has 2 heterocycles. The average molecular weight is 396 g/mol. The van der Waals surface area contributed by atoms with E-state index in [1.807, 2.05) is 31.2 Å². The largest absolute Gasteiger partial charge is 0.486 e. The Labute approximate surface area is 167 Å². The number of benzene rings is 2. The number of nitrogens with one attached hydrogen (secondary N) is 2. The lowest BCUT2D eigenvalue weighted by molar-refractivity contribution is 0.102. The summed E-state index contributed by atoms with van der Waals surface area (Å²) >= 11 is 6.12. The van der Waals surface area contributed by atoms with Crippen LogP contribution >= 0.6 is 11.6 Å². The number of amides is 1. The molecule has 0 aliphatic carbocycles. The zero-order chi connectivity index (χ0) is 19.5. The van der Waals surface area contributed by atoms with Gasteiger partial charge in [-0.2, -0.15) is 0 Å². The fraction of sp³-hybridized carbons (Fsp3) is 0.143. The smallest absolute Gasteiger partial charge is 0.255 e. The Morgan fingerprint density at radius 3 is 2.75 bits per heavy atom. The summed E-state index contributed by atoms with van der Waals surface area (Å²) in [6.45, 7) is 2.93. The first-order chi connectivity index (χ1) is 13.6. The van der Waals surface area contributed by atoms with Crippen LogP contribution in [0.2, 0.25) is 5.02 Å². The molecule has 0 saturated heterocycles. The highest BCUT2D eigenvalue weighted by molar-refractivity contribution is 6.31. The Bertz CT molecular complexity index is 1040. The average Bonchev–Trinajstić information content (AvgIpc) is 2.71. The second-order valence-electron chi connectivity index (χ2n) is 6.28. The molecule has 6 nitrogen and oxygen atoms in total. The quantitative estimate of drug-likeness (QED) is 0.663. The number of halogens is 1. The molecule has 0 saturated carbocycles. The number of rotatable bonds is 4. The minimum atomic E-state index is -0.238. The van der Waals surface area contributed by atoms with Crippen molar-refractivity contribution >= 4 is 34.7 Å². The minimum absolute atomic E-state index is 0.238. The molecule has 1 aliphatic heterocycles. The molecule has 0 fully saturated rings. The molecule has 2 aromatic carbocycles. The summed E-state index contributed by atoms with van der Waals surface area (Å²) in [4.78, 5) is 16.9. The number of hydrogen-bond acceptors (Lipinski definition) is 5. The molecule has 1 aliphatic rings. The van der Waals surface area contributed by atoms with E-state index in [4.69, 9.17) is 21.1 Å². The third kappa shape index (κ3) is 3.87. The van der Waals surface area contributed by atoms with E-state index in [1.54, 1.807) is 30.5 Å². The minimum Gasteiger partial charge on any atom is -0.486 e. The molecule has 7 heteroatoms. The molecule has 1 amide bonds. The van der Waals surface area contributed by atoms with Gasteiger partial charge in [0.25, 0.3) is 5.91 Å². The Morgan fingerprint density at radius 2 is 1.89 bits per heavy atom. The zero-order valence-electron chi connectivity index (χ0n) is 15.2. The van der Waals surface area contributed by atoms with Crippen LogP contribution in [-0.4, -0.2) is 24.1 Å². The number of aromatic nitrogens is 1. The van der Waals surface area contributed by atoms with Crippen molar-refractivity contribution in [3.63, 3.8) is 0 Å². The van der Waals surface area contributed by atoms with E-state index in [0.29, 0.717) is 41.1 Å². The molecule has 0 bridgehead atoms. The molecular weight excluding hydrogens is 378 g/mol. The van der Waals surface area contributed by atoms with Crippen LogP contribution in [0.5, 0.6) is 11.5 Å². The summed E-state index contributed by atoms with van der Waals surface area (Å²) in [6, 6.07) is 14.3. The van der Waals surface area contributed by atoms with E-state index in [-0.39, 0.29) is 5.91 Å². The summed E-state index contributed by atoms with van der Waals surface area (Å²) in [5.41, 5.74) is 2.77. The first-order valence-electron chi connectivity index (χ1n) is 8.79. The lowest BCUT2D eigenvalue weighted by Crippen LogP contribution is -2.15. The molecule has 4 rings (SSSR count). The maximum atomic E-state index is 12.6. The molecule has 0 unspecified atom stereocenters. The highest BCUT2D eigenvalue weighted by Crippen LogP contribution is 2.33. The van der Waals surface area contributed by atoms with Gasteiger partial charge >= 0.3 is 0 Å². The Hall–Kier alpha value is -3.25. The summed E-state index contributed by atoms with van der Waals surface area (Å²) in [5, 5.41) is 6.67. The fourth-order valence-electron chi connectivity index (χ4n) is 2.85. The molecule has 2 N–H and O–H groups in total. The molecule has 0 atom stereocenters. The number of carbonyl (C=O) groups is 1. The predicted octanol–water partition coefficient (Wildman–Crippen LogP) is 4.81. The maximum Gasteiger partial charge on any atom is 0.255 e. The van der Waals surface area contributed by atoms with Crippen molar-refractivity contribution in [2.24, 2.45) is 0 Å². The van der Waals surface area contributed by atoms with Crippen molar-refractivity contribution in [1.29, 1.82) is 0 Å². The Balaban J connectivity index is 1.51. The molecule has 0 radical (unpaired) electrons. The van der Waals surface area contributed by atoms with E-state index in [1.165, 1.54) is 0 Å². The van der Waals surface area contributed by atoms with Gasteiger partial charge in [0.15, 0.2) is 11.5 Å². The van der Waals surface area contributed by atoms with Crippen LogP contribution in [0.3, 0.4) is 0 Å². The summed E-state index contributed by atoms with van der Waals surface area (Å²) in [6.07, 6.45) is 1.58. The molecule has 0 spiro atoms. The van der Waals surface area contributed by atoms with E-state index >= 15 is 0 Å². The summed E-state index contributed by atoms with van der Waals surface area (Å²) < 4.78 is 11.1. The van der Waals surface area contributed by atoms with Crippen LogP contribution in [0.25, 0.3) is 0 Å². The number of hydrogen-bond donors (Lipinski definition) is 2. The van der Waals surface area contributed by atoms with Gasteiger partial charge in [0.05, 0.1) is 0 Å². The molecule has 28 heavy (non-hydrogen) atoms. The normalized spacial score (nSPS) is 12.4. The van der Waals surface area contributed by atoms with Crippen LogP contribution in [0, 0.1) is 6.92 Å². The topological polar surface area (TPSA) is 72.5 Å². The predicted molar refractivity (Wildman–Crippen MR) is 109 cm³/mol. The van der Waals surface area contributed by atoms with Gasteiger partial charge in [-0.15, -0.1) is 0 Å². The maximum absolute atomic E-state index is 12.6. The van der Waals surface area contributed by atoms with Crippen LogP contribution in [0.4, 0.5) is 17.2 Å². The molecular formula is C21H18ClN3O3. The zero-order valence-corrected chi connectivity index (χ0v) is 15.9.